The van der Waals surface area contributed by atoms with Crippen LogP contribution in [0.2, 0.25) is 0 Å². The number of imide groups is 1. The summed E-state index contributed by atoms with van der Waals surface area (Å²) in [5.41, 5.74) is -0.0155. The van der Waals surface area contributed by atoms with Crippen LogP contribution in [0.4, 0.5) is 23.9 Å². The number of rotatable bonds is 9. The minimum absolute atomic E-state index is 0.0303. The van der Waals surface area contributed by atoms with E-state index >= 15 is 0 Å². The van der Waals surface area contributed by atoms with E-state index in [0.29, 0.717) is 41.2 Å². The molecule has 8 nitrogen and oxygen atoms in total. The molecule has 2 aromatic heterocycles. The largest absolute Gasteiger partial charge is 0.460 e. The van der Waals surface area contributed by atoms with Crippen LogP contribution in [-0.2, 0) is 17.5 Å². The predicted molar refractivity (Wildman–Crippen MR) is 155 cm³/mol. The number of piperidine rings is 1. The number of furan rings is 1. The zero-order valence-electron chi connectivity index (χ0n) is 23.2. The van der Waals surface area contributed by atoms with Gasteiger partial charge in [0.15, 0.2) is 0 Å². The molecule has 3 heterocycles. The Bertz CT molecular complexity index is 1320. The van der Waals surface area contributed by atoms with Crippen molar-refractivity contribution in [2.45, 2.75) is 46.3 Å². The maximum absolute atomic E-state index is 13.3. The molecule has 1 aliphatic heterocycles. The van der Waals surface area contributed by atoms with E-state index in [0.717, 1.165) is 50.3 Å². The first-order valence-electron chi connectivity index (χ1n) is 13.4. The highest BCUT2D eigenvalue weighted by atomic mass is 32.2. The number of hydrogen-bond donors (Lipinski definition) is 2. The van der Waals surface area contributed by atoms with Crippen LogP contribution in [0.25, 0.3) is 17.4 Å². The van der Waals surface area contributed by atoms with Gasteiger partial charge in [0, 0.05) is 24.8 Å². The van der Waals surface area contributed by atoms with Gasteiger partial charge in [-0.2, -0.15) is 13.2 Å². The third-order valence-corrected chi connectivity index (χ3v) is 6.98. The van der Waals surface area contributed by atoms with Gasteiger partial charge in [0.1, 0.15) is 11.5 Å². The highest BCUT2D eigenvalue weighted by Crippen LogP contribution is 2.37. The molecule has 0 spiro atoms. The minimum Gasteiger partial charge on any atom is -0.460 e. The predicted octanol–water partition coefficient (Wildman–Crippen LogP) is 6.75. The first kappa shape index (κ1) is 31.9. The molecule has 1 saturated heterocycles. The van der Waals surface area contributed by atoms with Crippen molar-refractivity contribution in [1.29, 1.82) is 0 Å². The number of carbonyl (C=O) groups is 2. The normalized spacial score (nSPS) is 14.3. The monoisotopic (exact) mass is 589 g/mol. The summed E-state index contributed by atoms with van der Waals surface area (Å²) in [5, 5.41) is 4.99. The van der Waals surface area contributed by atoms with E-state index in [1.165, 1.54) is 12.1 Å². The van der Waals surface area contributed by atoms with Gasteiger partial charge in [0.05, 0.1) is 17.8 Å². The number of aromatic nitrogens is 2. The number of thioether (sulfide) groups is 1. The average Bonchev–Trinajstić information content (AvgIpc) is 3.43. The Labute approximate surface area is 241 Å². The summed E-state index contributed by atoms with van der Waals surface area (Å²) in [6.07, 6.45) is 1.20. The molecule has 12 heteroatoms. The van der Waals surface area contributed by atoms with E-state index in [9.17, 15) is 22.8 Å². The molecular weight excluding hydrogens is 555 g/mol. The van der Waals surface area contributed by atoms with Crippen molar-refractivity contribution in [2.24, 2.45) is 5.92 Å². The lowest BCUT2D eigenvalue weighted by Gasteiger charge is -2.32. The number of anilines is 1. The molecule has 1 aliphatic rings. The van der Waals surface area contributed by atoms with E-state index in [1.54, 1.807) is 43.5 Å². The van der Waals surface area contributed by atoms with Crippen LogP contribution >= 0.6 is 11.8 Å². The number of hydrogen-bond acceptors (Lipinski definition) is 8. The van der Waals surface area contributed by atoms with Gasteiger partial charge in [-0.05, 0) is 79.2 Å². The number of benzene rings is 1. The van der Waals surface area contributed by atoms with Gasteiger partial charge in [-0.1, -0.05) is 32.0 Å². The number of nitrogens with one attached hydrogen (secondary N) is 2. The Morgan fingerprint density at radius 2 is 1.88 bits per heavy atom. The van der Waals surface area contributed by atoms with Crippen LogP contribution in [0.3, 0.4) is 0 Å². The van der Waals surface area contributed by atoms with Crippen molar-refractivity contribution < 1.29 is 27.2 Å². The Balaban J connectivity index is 0.00000226. The summed E-state index contributed by atoms with van der Waals surface area (Å²) in [7, 11) is 0. The zero-order chi connectivity index (χ0) is 29.8. The molecule has 0 aliphatic carbocycles. The van der Waals surface area contributed by atoms with Crippen LogP contribution < -0.4 is 15.5 Å². The van der Waals surface area contributed by atoms with Gasteiger partial charge in [-0.3, -0.25) is 14.9 Å². The van der Waals surface area contributed by atoms with E-state index < -0.39 is 17.0 Å². The third-order valence-electron chi connectivity index (χ3n) is 6.24. The molecule has 1 aromatic carbocycles. The number of alkyl halides is 3. The van der Waals surface area contributed by atoms with Crippen molar-refractivity contribution >= 4 is 35.4 Å². The summed E-state index contributed by atoms with van der Waals surface area (Å²) in [4.78, 5) is 33.7. The lowest BCUT2D eigenvalue weighted by molar-refractivity contribution is -0.137. The molecule has 41 heavy (non-hydrogen) atoms. The van der Waals surface area contributed by atoms with E-state index in [-0.39, 0.29) is 11.3 Å². The summed E-state index contributed by atoms with van der Waals surface area (Å²) >= 11 is 0.915. The molecule has 2 N–H and O–H groups in total. The summed E-state index contributed by atoms with van der Waals surface area (Å²) in [6.45, 7) is 8.52. The second kappa shape index (κ2) is 15.4. The van der Waals surface area contributed by atoms with Gasteiger partial charge in [-0.25, -0.2) is 9.97 Å². The average molecular weight is 590 g/mol. The van der Waals surface area contributed by atoms with Gasteiger partial charge in [0.25, 0.3) is 5.24 Å². The lowest BCUT2D eigenvalue weighted by Crippen LogP contribution is -2.38. The number of allylic oxidation sites excluding steroid dienone is 1. The SMILES string of the molecule is C/C(=C/c1ccnc(N2CCC(CNCc3ccc(-c4ccccc4C(F)(F)F)o3)CC2)n1)SC(=O)NC=O.CC. The van der Waals surface area contributed by atoms with Gasteiger partial charge < -0.3 is 14.6 Å². The lowest BCUT2D eigenvalue weighted by atomic mass is 9.97. The summed E-state index contributed by atoms with van der Waals surface area (Å²) in [5.74, 6) is 1.82. The van der Waals surface area contributed by atoms with Crippen molar-refractivity contribution in [2.75, 3.05) is 24.5 Å². The number of carbonyl (C=O) groups excluding carboxylic acids is 2. The van der Waals surface area contributed by atoms with Crippen molar-refractivity contribution in [3.05, 3.63) is 70.6 Å². The van der Waals surface area contributed by atoms with Crippen LogP contribution in [0, 0.1) is 5.92 Å². The fraction of sp³-hybridized carbons (Fsp3) is 0.379. The van der Waals surface area contributed by atoms with Crippen molar-refractivity contribution in [3.63, 3.8) is 0 Å². The fourth-order valence-corrected chi connectivity index (χ4v) is 4.93. The van der Waals surface area contributed by atoms with E-state index in [4.69, 9.17) is 4.42 Å². The Hall–Kier alpha value is -3.64. The molecule has 220 valence electrons. The van der Waals surface area contributed by atoms with Gasteiger partial charge >= 0.3 is 6.18 Å². The third kappa shape index (κ3) is 9.46. The topological polar surface area (TPSA) is 100 Å². The van der Waals surface area contributed by atoms with E-state index in [2.05, 4.69) is 25.5 Å². The quantitative estimate of drug-likeness (QED) is 0.265. The zero-order valence-corrected chi connectivity index (χ0v) is 24.0. The molecular formula is C29H34F3N5O3S. The summed E-state index contributed by atoms with van der Waals surface area (Å²) in [6, 6.07) is 10.4. The number of nitrogens with zero attached hydrogens (tertiary/aromatic N) is 3. The van der Waals surface area contributed by atoms with Gasteiger partial charge in [-0.15, -0.1) is 0 Å². The highest BCUT2D eigenvalue weighted by Gasteiger charge is 2.34. The number of amides is 2. The second-order valence-corrected chi connectivity index (χ2v) is 10.3. The molecule has 0 radical (unpaired) electrons. The molecule has 3 aromatic rings. The Morgan fingerprint density at radius 1 is 1.15 bits per heavy atom. The molecule has 4 rings (SSSR count). The van der Waals surface area contributed by atoms with Crippen molar-refractivity contribution in [1.82, 2.24) is 20.6 Å². The molecule has 0 atom stereocenters. The second-order valence-electron chi connectivity index (χ2n) is 9.06. The van der Waals surface area contributed by atoms with Crippen LogP contribution in [-0.4, -0.2) is 41.3 Å². The molecule has 0 bridgehead atoms. The maximum Gasteiger partial charge on any atom is 0.417 e. The standard InChI is InChI=1S/C27H28F3N5O3S.C2H6/c1-18(39-26(37)33-17-36)14-20-8-11-32-25(34-20)35-12-9-19(10-13-35)15-31-16-21-6-7-24(38-21)22-4-2-3-5-23(22)27(28,29)30;1-2/h2-8,11,14,17,19,31H,9-10,12-13,15-16H2,1H3,(H,33,36,37);1-2H3/b18-14-;. The Morgan fingerprint density at radius 3 is 2.59 bits per heavy atom. The van der Waals surface area contributed by atoms with E-state index in [1.807, 2.05) is 13.8 Å². The molecule has 0 saturated carbocycles. The minimum atomic E-state index is -4.45. The molecule has 0 unspecified atom stereocenters. The van der Waals surface area contributed by atoms with Crippen LogP contribution in [0.15, 0.2) is 58.0 Å². The maximum atomic E-state index is 13.3. The first-order valence-corrected chi connectivity index (χ1v) is 14.2. The molecule has 1 fully saturated rings. The Kier molecular flexibility index (Phi) is 12.0. The fourth-order valence-electron chi connectivity index (χ4n) is 4.36. The first-order chi connectivity index (χ1) is 19.7. The number of halogens is 3. The molecule has 2 amide bonds. The van der Waals surface area contributed by atoms with Gasteiger partial charge in [0.2, 0.25) is 12.4 Å². The smallest absolute Gasteiger partial charge is 0.417 e. The van der Waals surface area contributed by atoms with Crippen LogP contribution in [0.5, 0.6) is 0 Å². The van der Waals surface area contributed by atoms with Crippen LogP contribution in [0.1, 0.15) is 50.6 Å². The summed E-state index contributed by atoms with van der Waals surface area (Å²) < 4.78 is 45.7. The van der Waals surface area contributed by atoms with Crippen molar-refractivity contribution in [3.8, 4) is 11.3 Å². The highest BCUT2D eigenvalue weighted by molar-refractivity contribution is 8.17.